The zero-order valence-corrected chi connectivity index (χ0v) is 17.4. The second-order valence-electron chi connectivity index (χ2n) is 7.92. The Morgan fingerprint density at radius 2 is 2.23 bits per heavy atom. The number of anilines is 1. The number of ether oxygens (including phenoxy) is 1. The number of carbonyl (C=O) groups excluding carboxylic acids is 1. The second-order valence-corrected chi connectivity index (χ2v) is 7.92. The molecule has 0 spiro atoms. The summed E-state index contributed by atoms with van der Waals surface area (Å²) in [5, 5.41) is 15.4. The molecule has 0 aliphatic carbocycles. The van der Waals surface area contributed by atoms with Crippen molar-refractivity contribution in [1.29, 1.82) is 0 Å². The third-order valence-corrected chi connectivity index (χ3v) is 5.33. The number of carbonyl (C=O) groups is 1. The molecule has 1 amide bonds. The van der Waals surface area contributed by atoms with E-state index in [1.54, 1.807) is 21.8 Å². The summed E-state index contributed by atoms with van der Waals surface area (Å²) in [7, 11) is 0. The van der Waals surface area contributed by atoms with Gasteiger partial charge in [-0.3, -0.25) is 4.79 Å². The fourth-order valence-electron chi connectivity index (χ4n) is 3.68. The molecule has 3 aromatic rings. The van der Waals surface area contributed by atoms with Gasteiger partial charge in [-0.05, 0) is 18.6 Å². The quantitative estimate of drug-likeness (QED) is 0.668. The molecule has 0 radical (unpaired) electrons. The number of aliphatic imine (C=N–C) groups is 1. The summed E-state index contributed by atoms with van der Waals surface area (Å²) in [6.07, 6.45) is 5.18. The van der Waals surface area contributed by atoms with Crippen LogP contribution in [0.5, 0.6) is 0 Å². The number of fused-ring (bicyclic) bond motifs is 1. The number of hydrogen-bond acceptors (Lipinski definition) is 7. The smallest absolute Gasteiger partial charge is 0.262 e. The van der Waals surface area contributed by atoms with Crippen molar-refractivity contribution in [3.63, 3.8) is 0 Å². The average Bonchev–Trinajstić information content (AvgIpc) is 3.39. The molecule has 10 nitrogen and oxygen atoms in total. The summed E-state index contributed by atoms with van der Waals surface area (Å²) in [5.74, 6) is 1.70. The minimum Gasteiger partial charge on any atom is -0.378 e. The highest BCUT2D eigenvalue weighted by molar-refractivity contribution is 6.07. The zero-order valence-electron chi connectivity index (χ0n) is 17.4. The van der Waals surface area contributed by atoms with Gasteiger partial charge in [0, 0.05) is 30.9 Å². The van der Waals surface area contributed by atoms with Gasteiger partial charge < -0.3 is 15.4 Å². The van der Waals surface area contributed by atoms with Gasteiger partial charge in [0.25, 0.3) is 5.91 Å². The number of rotatable bonds is 4. The molecule has 5 rings (SSSR count). The van der Waals surface area contributed by atoms with Crippen LogP contribution in [0.1, 0.15) is 34.6 Å². The Hall–Kier alpha value is -3.37. The second kappa shape index (κ2) is 8.05. The topological polar surface area (TPSA) is 111 Å². The van der Waals surface area contributed by atoms with E-state index in [0.717, 1.165) is 17.8 Å². The first kappa shape index (κ1) is 19.6. The van der Waals surface area contributed by atoms with Gasteiger partial charge >= 0.3 is 0 Å². The van der Waals surface area contributed by atoms with Gasteiger partial charge in [0.05, 0.1) is 37.7 Å². The van der Waals surface area contributed by atoms with Gasteiger partial charge in [0.2, 0.25) is 0 Å². The standard InChI is InChI=1S/C21H24N8O2/c1-13-3-4-18(23-8-13)29-19(7-16(27-29)17-12-31-6-5-22-17)26-21(30)15-10-25-28-11-14(2)9-24-20(15)28/h3-4,7-10,14,17,22H,5-6,11-12H2,1-2H3,(H,26,30). The van der Waals surface area contributed by atoms with Crippen LogP contribution in [0, 0.1) is 12.8 Å². The van der Waals surface area contributed by atoms with Crippen LogP contribution in [0.4, 0.5) is 11.6 Å². The van der Waals surface area contributed by atoms with Crippen molar-refractivity contribution in [1.82, 2.24) is 29.9 Å². The van der Waals surface area contributed by atoms with E-state index in [1.165, 1.54) is 0 Å². The fourth-order valence-corrected chi connectivity index (χ4v) is 3.68. The lowest BCUT2D eigenvalue weighted by molar-refractivity contribution is 0.0755. The molecule has 0 saturated carbocycles. The number of hydrogen-bond donors (Lipinski definition) is 2. The third-order valence-electron chi connectivity index (χ3n) is 5.33. The van der Waals surface area contributed by atoms with E-state index in [9.17, 15) is 4.79 Å². The molecule has 2 aliphatic rings. The van der Waals surface area contributed by atoms with Crippen LogP contribution in [0.25, 0.3) is 5.82 Å². The highest BCUT2D eigenvalue weighted by atomic mass is 16.5. The van der Waals surface area contributed by atoms with Crippen molar-refractivity contribution in [3.05, 3.63) is 47.4 Å². The van der Waals surface area contributed by atoms with Gasteiger partial charge in [-0.25, -0.2) is 14.7 Å². The maximum absolute atomic E-state index is 13.1. The van der Waals surface area contributed by atoms with E-state index >= 15 is 0 Å². The fraction of sp³-hybridized carbons (Fsp3) is 0.381. The number of nitrogens with zero attached hydrogens (tertiary/aromatic N) is 6. The molecule has 1 fully saturated rings. The molecule has 0 bridgehead atoms. The molecule has 2 N–H and O–H groups in total. The maximum atomic E-state index is 13.1. The summed E-state index contributed by atoms with van der Waals surface area (Å²) in [4.78, 5) is 22.0. The van der Waals surface area contributed by atoms with Crippen LogP contribution in [0.15, 0.2) is 35.6 Å². The molecule has 2 atom stereocenters. The molecular formula is C21H24N8O2. The Morgan fingerprint density at radius 1 is 1.32 bits per heavy atom. The molecular weight excluding hydrogens is 396 g/mol. The van der Waals surface area contributed by atoms with Gasteiger partial charge in [0.15, 0.2) is 11.6 Å². The van der Waals surface area contributed by atoms with Gasteiger partial charge in [-0.1, -0.05) is 13.0 Å². The normalized spacial score (nSPS) is 20.5. The lowest BCUT2D eigenvalue weighted by atomic mass is 10.2. The monoisotopic (exact) mass is 420 g/mol. The summed E-state index contributed by atoms with van der Waals surface area (Å²) in [5.41, 5.74) is 2.25. The first-order valence-corrected chi connectivity index (χ1v) is 10.3. The van der Waals surface area contributed by atoms with E-state index in [2.05, 4.69) is 32.6 Å². The number of morpholine rings is 1. The molecule has 2 unspecified atom stereocenters. The SMILES string of the molecule is Cc1ccc(-n2nc(C3COCCN3)cc2NC(=O)c2cnn3c2N=CC(C)C3)nc1. The molecule has 2 aliphatic heterocycles. The lowest BCUT2D eigenvalue weighted by Crippen LogP contribution is -2.34. The van der Waals surface area contributed by atoms with Crippen LogP contribution in [-0.4, -0.2) is 56.4 Å². The van der Waals surface area contributed by atoms with Crippen molar-refractivity contribution in [2.75, 3.05) is 25.1 Å². The zero-order chi connectivity index (χ0) is 21.4. The minimum atomic E-state index is -0.291. The van der Waals surface area contributed by atoms with Crippen LogP contribution in [-0.2, 0) is 11.3 Å². The molecule has 160 valence electrons. The Labute approximate surface area is 179 Å². The van der Waals surface area contributed by atoms with Crippen LogP contribution < -0.4 is 10.6 Å². The molecule has 1 saturated heterocycles. The molecule has 3 aromatic heterocycles. The molecule has 31 heavy (non-hydrogen) atoms. The first-order valence-electron chi connectivity index (χ1n) is 10.3. The van der Waals surface area contributed by atoms with E-state index in [1.807, 2.05) is 31.3 Å². The Bertz CT molecular complexity index is 1120. The summed E-state index contributed by atoms with van der Waals surface area (Å²) < 4.78 is 8.98. The number of aromatic nitrogens is 5. The Morgan fingerprint density at radius 3 is 3.00 bits per heavy atom. The highest BCUT2D eigenvalue weighted by Gasteiger charge is 2.25. The molecule has 5 heterocycles. The number of nitrogens with one attached hydrogen (secondary N) is 2. The Balaban J connectivity index is 1.48. The Kier molecular flexibility index (Phi) is 5.08. The van der Waals surface area contributed by atoms with Gasteiger partial charge in [0.1, 0.15) is 11.4 Å². The van der Waals surface area contributed by atoms with Crippen LogP contribution >= 0.6 is 0 Å². The van der Waals surface area contributed by atoms with E-state index in [-0.39, 0.29) is 17.9 Å². The van der Waals surface area contributed by atoms with Crippen molar-refractivity contribution >= 4 is 23.8 Å². The van der Waals surface area contributed by atoms with E-state index < -0.39 is 0 Å². The molecule has 10 heteroatoms. The van der Waals surface area contributed by atoms with Crippen molar-refractivity contribution in [2.24, 2.45) is 10.9 Å². The highest BCUT2D eigenvalue weighted by Crippen LogP contribution is 2.26. The minimum absolute atomic E-state index is 0.0499. The maximum Gasteiger partial charge on any atom is 0.262 e. The predicted molar refractivity (Wildman–Crippen MR) is 115 cm³/mol. The summed E-state index contributed by atoms with van der Waals surface area (Å²) in [6.45, 7) is 6.69. The van der Waals surface area contributed by atoms with Crippen molar-refractivity contribution in [2.45, 2.75) is 26.4 Å². The van der Waals surface area contributed by atoms with Gasteiger partial charge in [-0.2, -0.15) is 14.9 Å². The van der Waals surface area contributed by atoms with Crippen LogP contribution in [0.2, 0.25) is 0 Å². The average molecular weight is 420 g/mol. The summed E-state index contributed by atoms with van der Waals surface area (Å²) in [6, 6.07) is 5.64. The first-order chi connectivity index (χ1) is 15.1. The largest absolute Gasteiger partial charge is 0.378 e. The number of pyridine rings is 1. The molecule has 0 aromatic carbocycles. The van der Waals surface area contributed by atoms with E-state index in [0.29, 0.717) is 42.8 Å². The summed E-state index contributed by atoms with van der Waals surface area (Å²) >= 11 is 0. The number of aryl methyl sites for hydroxylation is 1. The van der Waals surface area contributed by atoms with E-state index in [4.69, 9.17) is 9.84 Å². The third kappa shape index (κ3) is 3.87. The lowest BCUT2D eigenvalue weighted by Gasteiger charge is -2.21. The van der Waals surface area contributed by atoms with Crippen LogP contribution in [0.3, 0.4) is 0 Å². The predicted octanol–water partition coefficient (Wildman–Crippen LogP) is 2.04. The number of amides is 1. The van der Waals surface area contributed by atoms with Crippen molar-refractivity contribution in [3.8, 4) is 5.82 Å². The van der Waals surface area contributed by atoms with Gasteiger partial charge in [-0.15, -0.1) is 0 Å². The van der Waals surface area contributed by atoms with Crippen molar-refractivity contribution < 1.29 is 9.53 Å².